The summed E-state index contributed by atoms with van der Waals surface area (Å²) in [6, 6.07) is 0. The van der Waals surface area contributed by atoms with E-state index in [4.69, 9.17) is 14.2 Å². The minimum absolute atomic E-state index is 0.0710. The summed E-state index contributed by atoms with van der Waals surface area (Å²) < 4.78 is 16.8. The number of carbonyl (C=O) groups excluding carboxylic acids is 3. The third-order valence-electron chi connectivity index (χ3n) is 11.4. The molecule has 0 spiro atoms. The van der Waals surface area contributed by atoms with Crippen molar-refractivity contribution < 1.29 is 28.6 Å². The van der Waals surface area contributed by atoms with Crippen LogP contribution in [0, 0.1) is 0 Å². The van der Waals surface area contributed by atoms with Gasteiger partial charge >= 0.3 is 17.9 Å². The zero-order valence-corrected chi connectivity index (χ0v) is 40.0. The summed E-state index contributed by atoms with van der Waals surface area (Å²) in [5.41, 5.74) is 0. The van der Waals surface area contributed by atoms with Crippen molar-refractivity contribution in [3.8, 4) is 0 Å². The van der Waals surface area contributed by atoms with Crippen LogP contribution in [0.3, 0.4) is 0 Å². The Bertz CT molecular complexity index is 1020. The van der Waals surface area contributed by atoms with Crippen LogP contribution in [-0.2, 0) is 28.6 Å². The van der Waals surface area contributed by atoms with Crippen molar-refractivity contribution >= 4 is 17.9 Å². The Morgan fingerprint density at radius 3 is 1.02 bits per heavy atom. The van der Waals surface area contributed by atoms with Crippen LogP contribution in [-0.4, -0.2) is 37.2 Å². The Labute approximate surface area is 372 Å². The number of carbonyl (C=O) groups is 3. The minimum Gasteiger partial charge on any atom is -0.462 e. The molecule has 1 unspecified atom stereocenters. The molecule has 350 valence electrons. The van der Waals surface area contributed by atoms with Gasteiger partial charge in [-0.25, -0.2) is 0 Å². The van der Waals surface area contributed by atoms with E-state index >= 15 is 0 Å². The summed E-state index contributed by atoms with van der Waals surface area (Å²) in [6.07, 6.45) is 56.9. The molecule has 0 rings (SSSR count). The number of ether oxygens (including phenoxy) is 3. The molecule has 0 aliphatic heterocycles. The molecule has 0 aromatic rings. The van der Waals surface area contributed by atoms with E-state index < -0.39 is 6.10 Å². The Kier molecular flexibility index (Phi) is 47.3. The van der Waals surface area contributed by atoms with Gasteiger partial charge in [0.2, 0.25) is 0 Å². The van der Waals surface area contributed by atoms with E-state index in [1.807, 2.05) is 0 Å². The van der Waals surface area contributed by atoms with Crippen molar-refractivity contribution in [3.63, 3.8) is 0 Å². The Hall–Kier alpha value is -2.37. The first-order chi connectivity index (χ1) is 29.5. The Morgan fingerprint density at radius 1 is 0.350 bits per heavy atom. The van der Waals surface area contributed by atoms with Gasteiger partial charge in [0.1, 0.15) is 13.2 Å². The van der Waals surface area contributed by atoms with Crippen LogP contribution in [0.5, 0.6) is 0 Å². The molecule has 0 saturated heterocycles. The molecule has 0 aromatic carbocycles. The van der Waals surface area contributed by atoms with E-state index in [-0.39, 0.29) is 31.1 Å². The predicted octanol–water partition coefficient (Wildman–Crippen LogP) is 16.9. The first-order valence-electron chi connectivity index (χ1n) is 26.0. The number of esters is 3. The van der Waals surface area contributed by atoms with Crippen molar-refractivity contribution in [1.29, 1.82) is 0 Å². The van der Waals surface area contributed by atoms with Crippen LogP contribution in [0.1, 0.15) is 271 Å². The van der Waals surface area contributed by atoms with E-state index in [2.05, 4.69) is 57.2 Å². The SMILES string of the molecule is CC/C=C\C/C=C\C/C=C\CCCCCCCCCC(=O)OCC(COC(=O)CCCCCCCCCCCCC)OC(=O)CCCCCCCCCCCCCCCC. The maximum atomic E-state index is 12.8. The fourth-order valence-electron chi connectivity index (χ4n) is 7.52. The average molecular weight is 843 g/mol. The molecular formula is C54H98O6. The average Bonchev–Trinajstić information content (AvgIpc) is 3.24. The lowest BCUT2D eigenvalue weighted by molar-refractivity contribution is -0.167. The summed E-state index contributed by atoms with van der Waals surface area (Å²) in [6.45, 7) is 6.54. The van der Waals surface area contributed by atoms with Crippen molar-refractivity contribution in [3.05, 3.63) is 36.5 Å². The maximum Gasteiger partial charge on any atom is 0.306 e. The van der Waals surface area contributed by atoms with Gasteiger partial charge in [0.05, 0.1) is 0 Å². The third kappa shape index (κ3) is 46.7. The molecule has 0 saturated carbocycles. The summed E-state index contributed by atoms with van der Waals surface area (Å²) in [7, 11) is 0. The van der Waals surface area contributed by atoms with Crippen molar-refractivity contribution in [1.82, 2.24) is 0 Å². The second-order valence-electron chi connectivity index (χ2n) is 17.4. The van der Waals surface area contributed by atoms with E-state index in [1.54, 1.807) is 0 Å². The van der Waals surface area contributed by atoms with E-state index in [0.29, 0.717) is 19.3 Å². The molecular weight excluding hydrogens is 745 g/mol. The number of allylic oxidation sites excluding steroid dienone is 6. The second-order valence-corrected chi connectivity index (χ2v) is 17.4. The normalized spacial score (nSPS) is 12.2. The van der Waals surface area contributed by atoms with Gasteiger partial charge in [-0.05, 0) is 51.4 Å². The molecule has 6 nitrogen and oxygen atoms in total. The fraction of sp³-hybridized carbons (Fsp3) is 0.833. The molecule has 60 heavy (non-hydrogen) atoms. The molecule has 0 radical (unpaired) electrons. The monoisotopic (exact) mass is 843 g/mol. The van der Waals surface area contributed by atoms with Gasteiger partial charge in [-0.2, -0.15) is 0 Å². The lowest BCUT2D eigenvalue weighted by Crippen LogP contribution is -2.30. The number of rotatable bonds is 47. The highest BCUT2D eigenvalue weighted by atomic mass is 16.6. The topological polar surface area (TPSA) is 78.9 Å². The van der Waals surface area contributed by atoms with Gasteiger partial charge in [-0.1, -0.05) is 237 Å². The Balaban J connectivity index is 4.33. The number of hydrogen-bond donors (Lipinski definition) is 0. The zero-order valence-electron chi connectivity index (χ0n) is 40.0. The zero-order chi connectivity index (χ0) is 43.7. The molecule has 6 heteroatoms. The van der Waals surface area contributed by atoms with Gasteiger partial charge in [0, 0.05) is 19.3 Å². The first-order valence-corrected chi connectivity index (χ1v) is 26.0. The second kappa shape index (κ2) is 49.3. The number of unbranched alkanes of at least 4 members (excludes halogenated alkanes) is 30. The Morgan fingerprint density at radius 2 is 0.650 bits per heavy atom. The van der Waals surface area contributed by atoms with Gasteiger partial charge in [-0.15, -0.1) is 0 Å². The lowest BCUT2D eigenvalue weighted by atomic mass is 10.0. The maximum absolute atomic E-state index is 12.8. The van der Waals surface area contributed by atoms with E-state index in [9.17, 15) is 14.4 Å². The molecule has 0 aliphatic rings. The van der Waals surface area contributed by atoms with Crippen molar-refractivity contribution in [2.45, 2.75) is 277 Å². The molecule has 0 aliphatic carbocycles. The highest BCUT2D eigenvalue weighted by molar-refractivity contribution is 5.71. The highest BCUT2D eigenvalue weighted by Crippen LogP contribution is 2.16. The predicted molar refractivity (Wildman–Crippen MR) is 256 cm³/mol. The quantitative estimate of drug-likeness (QED) is 0.0263. The smallest absolute Gasteiger partial charge is 0.306 e. The summed E-state index contributed by atoms with van der Waals surface area (Å²) in [5, 5.41) is 0. The molecule has 0 fully saturated rings. The van der Waals surface area contributed by atoms with E-state index in [0.717, 1.165) is 83.5 Å². The van der Waals surface area contributed by atoms with Crippen molar-refractivity contribution in [2.24, 2.45) is 0 Å². The van der Waals surface area contributed by atoms with Crippen molar-refractivity contribution in [2.75, 3.05) is 13.2 Å². The van der Waals surface area contributed by atoms with E-state index in [1.165, 1.54) is 148 Å². The van der Waals surface area contributed by atoms with Crippen LogP contribution in [0.15, 0.2) is 36.5 Å². The van der Waals surface area contributed by atoms with Gasteiger partial charge in [0.15, 0.2) is 6.10 Å². The summed E-state index contributed by atoms with van der Waals surface area (Å²) >= 11 is 0. The summed E-state index contributed by atoms with van der Waals surface area (Å²) in [4.78, 5) is 37.9. The van der Waals surface area contributed by atoms with Gasteiger partial charge in [0.25, 0.3) is 0 Å². The summed E-state index contributed by atoms with van der Waals surface area (Å²) in [5.74, 6) is -0.870. The van der Waals surface area contributed by atoms with Gasteiger partial charge in [-0.3, -0.25) is 14.4 Å². The third-order valence-corrected chi connectivity index (χ3v) is 11.4. The molecule has 0 aromatic heterocycles. The highest BCUT2D eigenvalue weighted by Gasteiger charge is 2.19. The largest absolute Gasteiger partial charge is 0.462 e. The van der Waals surface area contributed by atoms with Crippen LogP contribution in [0.2, 0.25) is 0 Å². The molecule has 0 N–H and O–H groups in total. The molecule has 1 atom stereocenters. The minimum atomic E-state index is -0.770. The molecule has 0 amide bonds. The van der Waals surface area contributed by atoms with Crippen LogP contribution in [0.25, 0.3) is 0 Å². The fourth-order valence-corrected chi connectivity index (χ4v) is 7.52. The molecule has 0 heterocycles. The van der Waals surface area contributed by atoms with Crippen LogP contribution < -0.4 is 0 Å². The number of hydrogen-bond acceptors (Lipinski definition) is 6. The lowest BCUT2D eigenvalue weighted by Gasteiger charge is -2.18. The molecule has 0 bridgehead atoms. The van der Waals surface area contributed by atoms with Crippen LogP contribution in [0.4, 0.5) is 0 Å². The van der Waals surface area contributed by atoms with Crippen LogP contribution >= 0.6 is 0 Å². The first kappa shape index (κ1) is 57.6. The standard InChI is InChI=1S/C54H98O6/c1-4-7-10-13-16-19-22-24-26-27-28-30-32-35-38-41-44-47-53(56)59-50-51(49-58-52(55)46-43-40-37-34-31-21-18-15-12-9-6-3)60-54(57)48-45-42-39-36-33-29-25-23-20-17-14-11-8-5-2/h7,10,16,19,24,26,51H,4-6,8-9,11-15,17-18,20-23,25,27-50H2,1-3H3/b10-7-,19-16-,26-24-. The van der Waals surface area contributed by atoms with Gasteiger partial charge < -0.3 is 14.2 Å².